The fraction of sp³-hybridized carbons (Fsp3) is 0.667. The zero-order valence-electron chi connectivity index (χ0n) is 14.0. The maximum absolute atomic E-state index is 3.59. The third-order valence-electron chi connectivity index (χ3n) is 3.89. The Morgan fingerprint density at radius 2 is 1.95 bits per heavy atom. The summed E-state index contributed by atoms with van der Waals surface area (Å²) in [5.41, 5.74) is 3.21. The smallest absolute Gasteiger partial charge is 0.0237 e. The monoisotopic (exact) mass is 306 g/mol. The van der Waals surface area contributed by atoms with Gasteiger partial charge in [-0.25, -0.2) is 0 Å². The van der Waals surface area contributed by atoms with E-state index in [1.54, 1.807) is 0 Å². The minimum absolute atomic E-state index is 0.203. The van der Waals surface area contributed by atoms with Crippen LogP contribution in [0.5, 0.6) is 0 Å². The molecule has 21 heavy (non-hydrogen) atoms. The Morgan fingerprint density at radius 1 is 1.24 bits per heavy atom. The van der Waals surface area contributed by atoms with Gasteiger partial charge in [-0.2, -0.15) is 11.8 Å². The molecule has 3 heteroatoms. The van der Waals surface area contributed by atoms with Gasteiger partial charge in [0.25, 0.3) is 0 Å². The van der Waals surface area contributed by atoms with Crippen LogP contribution >= 0.6 is 11.8 Å². The minimum atomic E-state index is 0.203. The summed E-state index contributed by atoms with van der Waals surface area (Å²) in [6.07, 6.45) is 1.12. The summed E-state index contributed by atoms with van der Waals surface area (Å²) < 4.78 is 0. The molecule has 2 rings (SSSR count). The van der Waals surface area contributed by atoms with Gasteiger partial charge in [0, 0.05) is 36.2 Å². The molecular formula is C18H30N2S. The van der Waals surface area contributed by atoms with Crippen molar-refractivity contribution in [2.45, 2.75) is 51.4 Å². The highest BCUT2D eigenvalue weighted by molar-refractivity contribution is 7.99. The molecule has 1 aromatic rings. The first kappa shape index (κ1) is 16.9. The molecule has 0 aromatic heterocycles. The van der Waals surface area contributed by atoms with Gasteiger partial charge in [0.2, 0.25) is 0 Å². The molecule has 1 saturated heterocycles. The number of rotatable bonds is 5. The lowest BCUT2D eigenvalue weighted by molar-refractivity contribution is 0.277. The molecule has 1 heterocycles. The van der Waals surface area contributed by atoms with E-state index in [0.717, 1.165) is 24.8 Å². The number of nitrogens with one attached hydrogen (secondary N) is 1. The molecule has 0 spiro atoms. The molecule has 2 nitrogen and oxygen atoms in total. The molecule has 0 aliphatic carbocycles. The zero-order chi connectivity index (χ0) is 15.3. The number of benzene rings is 1. The Kier molecular flexibility index (Phi) is 6.15. The Morgan fingerprint density at radius 3 is 2.62 bits per heavy atom. The average Bonchev–Trinajstić information content (AvgIpc) is 2.39. The second-order valence-electron chi connectivity index (χ2n) is 7.11. The molecule has 0 bridgehead atoms. The van der Waals surface area contributed by atoms with Crippen LogP contribution in [0.2, 0.25) is 0 Å². The molecule has 0 radical (unpaired) electrons. The third kappa shape index (κ3) is 6.01. The fourth-order valence-corrected chi connectivity index (χ4v) is 3.89. The summed E-state index contributed by atoms with van der Waals surface area (Å²) in [6, 6.07) is 8.95. The van der Waals surface area contributed by atoms with E-state index in [1.165, 1.54) is 30.0 Å². The second-order valence-corrected chi connectivity index (χ2v) is 8.66. The van der Waals surface area contributed by atoms with Crippen molar-refractivity contribution in [3.8, 4) is 0 Å². The number of nitrogens with zero attached hydrogens (tertiary/aromatic N) is 1. The van der Waals surface area contributed by atoms with Crippen molar-refractivity contribution in [3.63, 3.8) is 0 Å². The predicted molar refractivity (Wildman–Crippen MR) is 95.1 cm³/mol. The highest BCUT2D eigenvalue weighted by Crippen LogP contribution is 2.21. The van der Waals surface area contributed by atoms with E-state index in [-0.39, 0.29) is 5.54 Å². The standard InChI is InChI=1S/C18H30N2S/c1-15-13-20(11-12-21-15)14-17-8-6-5-7-16(17)9-10-19-18(2,3)4/h5-8,15,19H,9-14H2,1-4H3. The molecule has 1 N–H and O–H groups in total. The van der Waals surface area contributed by atoms with Gasteiger partial charge in [0.15, 0.2) is 0 Å². The number of thioether (sulfide) groups is 1. The summed E-state index contributed by atoms with van der Waals surface area (Å²) >= 11 is 2.10. The van der Waals surface area contributed by atoms with Crippen molar-refractivity contribution in [3.05, 3.63) is 35.4 Å². The maximum atomic E-state index is 3.59. The molecule has 0 saturated carbocycles. The van der Waals surface area contributed by atoms with Crippen molar-refractivity contribution < 1.29 is 0 Å². The first-order chi connectivity index (χ1) is 9.94. The molecule has 1 aromatic carbocycles. The van der Waals surface area contributed by atoms with E-state index >= 15 is 0 Å². The molecular weight excluding hydrogens is 276 g/mol. The van der Waals surface area contributed by atoms with E-state index in [9.17, 15) is 0 Å². The lowest BCUT2D eigenvalue weighted by Crippen LogP contribution is -2.37. The van der Waals surface area contributed by atoms with Gasteiger partial charge in [0.1, 0.15) is 0 Å². The Hall–Kier alpha value is -0.510. The van der Waals surface area contributed by atoms with Crippen LogP contribution in [0.15, 0.2) is 24.3 Å². The molecule has 1 aliphatic heterocycles. The quantitative estimate of drug-likeness (QED) is 0.895. The van der Waals surface area contributed by atoms with Gasteiger partial charge >= 0.3 is 0 Å². The van der Waals surface area contributed by atoms with Crippen LogP contribution in [0.4, 0.5) is 0 Å². The van der Waals surface area contributed by atoms with Crippen molar-refractivity contribution in [1.82, 2.24) is 10.2 Å². The number of hydrogen-bond donors (Lipinski definition) is 1. The Balaban J connectivity index is 1.93. The number of hydrogen-bond acceptors (Lipinski definition) is 3. The van der Waals surface area contributed by atoms with Gasteiger partial charge in [0.05, 0.1) is 0 Å². The summed E-state index contributed by atoms with van der Waals surface area (Å²) in [5, 5.41) is 4.36. The zero-order valence-corrected chi connectivity index (χ0v) is 14.8. The van der Waals surface area contributed by atoms with Crippen LogP contribution in [0.3, 0.4) is 0 Å². The first-order valence-electron chi connectivity index (χ1n) is 8.10. The molecule has 118 valence electrons. The first-order valence-corrected chi connectivity index (χ1v) is 9.15. The maximum Gasteiger partial charge on any atom is 0.0237 e. The third-order valence-corrected chi connectivity index (χ3v) is 5.02. The van der Waals surface area contributed by atoms with E-state index in [0.29, 0.717) is 0 Å². The van der Waals surface area contributed by atoms with Crippen molar-refractivity contribution in [1.29, 1.82) is 0 Å². The average molecular weight is 307 g/mol. The van der Waals surface area contributed by atoms with Crippen molar-refractivity contribution in [2.24, 2.45) is 0 Å². The topological polar surface area (TPSA) is 15.3 Å². The van der Waals surface area contributed by atoms with Gasteiger partial charge in [-0.1, -0.05) is 31.2 Å². The van der Waals surface area contributed by atoms with Crippen LogP contribution in [0.1, 0.15) is 38.8 Å². The molecule has 1 unspecified atom stereocenters. The van der Waals surface area contributed by atoms with Gasteiger partial charge in [-0.15, -0.1) is 0 Å². The molecule has 1 fully saturated rings. The van der Waals surface area contributed by atoms with Crippen LogP contribution in [0, 0.1) is 0 Å². The largest absolute Gasteiger partial charge is 0.312 e. The molecule has 1 aliphatic rings. The van der Waals surface area contributed by atoms with E-state index < -0.39 is 0 Å². The lowest BCUT2D eigenvalue weighted by atomic mass is 10.0. The second kappa shape index (κ2) is 7.66. The summed E-state index contributed by atoms with van der Waals surface area (Å²) in [6.45, 7) is 13.6. The summed E-state index contributed by atoms with van der Waals surface area (Å²) in [7, 11) is 0. The lowest BCUT2D eigenvalue weighted by Gasteiger charge is -2.31. The Labute approximate surface area is 134 Å². The van der Waals surface area contributed by atoms with Crippen molar-refractivity contribution >= 4 is 11.8 Å². The van der Waals surface area contributed by atoms with Gasteiger partial charge in [-0.05, 0) is 44.9 Å². The van der Waals surface area contributed by atoms with Crippen LogP contribution < -0.4 is 5.32 Å². The van der Waals surface area contributed by atoms with Crippen LogP contribution in [-0.4, -0.2) is 41.1 Å². The summed E-state index contributed by atoms with van der Waals surface area (Å²) in [5.74, 6) is 1.27. The van der Waals surface area contributed by atoms with E-state index in [2.05, 4.69) is 73.9 Å². The minimum Gasteiger partial charge on any atom is -0.312 e. The fourth-order valence-electron chi connectivity index (χ4n) is 2.80. The van der Waals surface area contributed by atoms with Gasteiger partial charge < -0.3 is 5.32 Å². The predicted octanol–water partition coefficient (Wildman–Crippen LogP) is 3.55. The summed E-state index contributed by atoms with van der Waals surface area (Å²) in [4.78, 5) is 2.61. The Bertz CT molecular complexity index is 439. The van der Waals surface area contributed by atoms with E-state index in [4.69, 9.17) is 0 Å². The molecule has 1 atom stereocenters. The van der Waals surface area contributed by atoms with Crippen LogP contribution in [-0.2, 0) is 13.0 Å². The normalized spacial score (nSPS) is 20.7. The van der Waals surface area contributed by atoms with Gasteiger partial charge in [-0.3, -0.25) is 4.90 Å². The SMILES string of the molecule is CC1CN(Cc2ccccc2CCNC(C)(C)C)CCS1. The van der Waals surface area contributed by atoms with Crippen LogP contribution in [0.25, 0.3) is 0 Å². The highest BCUT2D eigenvalue weighted by Gasteiger charge is 2.17. The van der Waals surface area contributed by atoms with Crippen molar-refractivity contribution in [2.75, 3.05) is 25.4 Å². The molecule has 0 amide bonds. The van der Waals surface area contributed by atoms with E-state index in [1.807, 2.05) is 0 Å². The highest BCUT2D eigenvalue weighted by atomic mass is 32.2.